The quantitative estimate of drug-likeness (QED) is 0.128. The summed E-state index contributed by atoms with van der Waals surface area (Å²) >= 11 is 0. The van der Waals surface area contributed by atoms with Gasteiger partial charge in [0.05, 0.1) is 0 Å². The van der Waals surface area contributed by atoms with Crippen molar-refractivity contribution in [2.75, 3.05) is 0 Å². The molecule has 0 fully saturated rings. The fourth-order valence-corrected chi connectivity index (χ4v) is 23.0. The van der Waals surface area contributed by atoms with Gasteiger partial charge in [-0.15, -0.1) is 0 Å². The minimum absolute atomic E-state index is 0.869. The van der Waals surface area contributed by atoms with Crippen LogP contribution < -0.4 is 0 Å². The second kappa shape index (κ2) is 33.4. The Hall–Kier alpha value is -18.2. The first-order chi connectivity index (χ1) is 69.3. The molecule has 0 atom stereocenters. The summed E-state index contributed by atoms with van der Waals surface area (Å²) in [7, 11) is 0. The third-order valence-corrected chi connectivity index (χ3v) is 28.8. The second-order valence-electron chi connectivity index (χ2n) is 37.0. The maximum atomic E-state index is 6.74. The van der Waals surface area contributed by atoms with Crippen LogP contribution >= 0.6 is 0 Å². The smallest absolute Gasteiger partial charge is 0.143 e. The van der Waals surface area contributed by atoms with E-state index < -0.39 is 0 Å². The highest BCUT2D eigenvalue weighted by atomic mass is 16.3. The molecule has 0 N–H and O–H groups in total. The molecule has 4 aromatic heterocycles. The van der Waals surface area contributed by atoms with Gasteiger partial charge >= 0.3 is 0 Å². The molecular formula is C136H86O4. The first-order valence-electron chi connectivity index (χ1n) is 48.1. The Morgan fingerprint density at radius 1 is 0.129 bits per heavy atom. The molecule has 29 rings (SSSR count). The van der Waals surface area contributed by atoms with Crippen molar-refractivity contribution in [3.63, 3.8) is 0 Å². The number of aryl methyl sites for hydroxylation is 2. The molecule has 0 spiro atoms. The molecule has 0 radical (unpaired) electrons. The molecule has 0 aliphatic rings. The van der Waals surface area contributed by atoms with E-state index in [1.165, 1.54) is 186 Å². The van der Waals surface area contributed by atoms with Gasteiger partial charge in [-0.25, -0.2) is 0 Å². The molecular weight excluding hydrogens is 1700 g/mol. The molecule has 0 aliphatic carbocycles. The average Bonchev–Trinajstić information content (AvgIpc) is 1.24. The molecule has 0 saturated heterocycles. The molecule has 654 valence electrons. The number of fused-ring (bicyclic) bond motifs is 20. The van der Waals surface area contributed by atoms with Gasteiger partial charge in [0.2, 0.25) is 0 Å². The van der Waals surface area contributed by atoms with Crippen molar-refractivity contribution in [2.45, 2.75) is 13.8 Å². The second-order valence-corrected chi connectivity index (χ2v) is 37.0. The van der Waals surface area contributed by atoms with Crippen molar-refractivity contribution >= 4 is 174 Å². The molecule has 4 nitrogen and oxygen atoms in total. The number of rotatable bonds is 10. The number of hydrogen-bond acceptors (Lipinski definition) is 4. The van der Waals surface area contributed by atoms with Crippen molar-refractivity contribution in [1.82, 2.24) is 0 Å². The van der Waals surface area contributed by atoms with Crippen LogP contribution in [0.3, 0.4) is 0 Å². The summed E-state index contributed by atoms with van der Waals surface area (Å²) < 4.78 is 26.3. The van der Waals surface area contributed by atoms with E-state index >= 15 is 0 Å². The highest BCUT2D eigenvalue weighted by Gasteiger charge is 2.29. The predicted octanol–water partition coefficient (Wildman–Crippen LogP) is 39.2. The molecule has 0 bridgehead atoms. The van der Waals surface area contributed by atoms with Crippen LogP contribution in [0, 0.1) is 13.8 Å². The molecule has 0 amide bonds. The Morgan fingerprint density at radius 2 is 0.436 bits per heavy atom. The van der Waals surface area contributed by atoms with E-state index in [9.17, 15) is 0 Å². The van der Waals surface area contributed by atoms with Crippen LogP contribution in [0.2, 0.25) is 0 Å². The Morgan fingerprint density at radius 3 is 0.900 bits per heavy atom. The van der Waals surface area contributed by atoms with Crippen LogP contribution in [-0.2, 0) is 0 Å². The van der Waals surface area contributed by atoms with E-state index in [0.717, 1.165) is 110 Å². The zero-order valence-corrected chi connectivity index (χ0v) is 76.8. The zero-order chi connectivity index (χ0) is 92.6. The van der Waals surface area contributed by atoms with E-state index in [1.807, 2.05) is 18.2 Å². The van der Waals surface area contributed by atoms with Crippen LogP contribution in [0.15, 0.2) is 503 Å². The van der Waals surface area contributed by atoms with Crippen LogP contribution in [0.4, 0.5) is 0 Å². The predicted molar refractivity (Wildman–Crippen MR) is 592 cm³/mol. The molecule has 25 aromatic carbocycles. The lowest BCUT2D eigenvalue weighted by atomic mass is 9.82. The van der Waals surface area contributed by atoms with Gasteiger partial charge in [-0.1, -0.05) is 436 Å². The molecule has 29 aromatic rings. The molecule has 140 heavy (non-hydrogen) atoms. The van der Waals surface area contributed by atoms with Gasteiger partial charge in [-0.05, 0) is 255 Å². The van der Waals surface area contributed by atoms with Gasteiger partial charge in [0, 0.05) is 59.8 Å². The SMILES string of the molecule is Cc1cc(C)cc(-c2ccc3oc4ccccc4c3c2-c2c3ccccc3c(-c3ccccc3)c3ccccc23)c1.c1ccc(-c2ccc(-c3cc(-c4c5ccccc5c(-c5ccccc5)c5ccccc45)cc4c3oc3ccccc34)c3ccccc23)cc1.c1ccc2c(-c3c4ccccc4c(-c4cc(-c5cccc6oc7ccccc7c56)c5oc6ccccc6c5c4)c4ccccc34)cccc2c1. The topological polar surface area (TPSA) is 52.6 Å². The minimum atomic E-state index is 0.869. The van der Waals surface area contributed by atoms with Crippen LogP contribution in [0.1, 0.15) is 11.1 Å². The standard InChI is InChI=1S/C48H28O2.C48H30O.C40H28O/c1-2-15-31-29(13-1)14-11-22-33(31)46-36-19-5-3-17-34(36)45(35-18-4-6-20-37(35)46)30-27-40-32-16-7-9-24-42(32)50-48(40)41(28-30)38-23-12-26-44-47(38)39-21-8-10-25-43(39)49-44;1-3-15-31(16-4-1)34-27-28-37(36-20-8-7-19-35(34)36)43-29-33(30-44-38-21-13-14-26-45(38)49-48(43)44)47-41-24-11-9-22-39(41)46(32-17-5-2-6-18-32)40-23-10-12-25-42(40)47;1-25-22-26(2)24-28(23-25)29-20-21-36-39(34-18-10-11-19-35(34)41-36)40(29)38-32-16-8-6-14-30(32)37(27-12-4-3-5-13-27)31-15-7-9-17-33(31)38/h1-28H;1-30H;3-24H,1-2H3. The number of benzene rings is 25. The largest absolute Gasteiger partial charge is 0.456 e. The Kier molecular flexibility index (Phi) is 19.4. The highest BCUT2D eigenvalue weighted by Crippen LogP contribution is 2.55. The fraction of sp³-hybridized carbons (Fsp3) is 0.0147. The summed E-state index contributed by atoms with van der Waals surface area (Å²) in [6.07, 6.45) is 0. The van der Waals surface area contributed by atoms with Gasteiger partial charge in [0.25, 0.3) is 0 Å². The summed E-state index contributed by atoms with van der Waals surface area (Å²) in [6.45, 7) is 4.36. The lowest BCUT2D eigenvalue weighted by Crippen LogP contribution is -1.94. The van der Waals surface area contributed by atoms with Gasteiger partial charge in [0.15, 0.2) is 0 Å². The van der Waals surface area contributed by atoms with Crippen LogP contribution in [0.25, 0.3) is 285 Å². The molecule has 4 heteroatoms. The van der Waals surface area contributed by atoms with Crippen LogP contribution in [-0.4, -0.2) is 0 Å². The normalized spacial score (nSPS) is 11.8. The summed E-state index contributed by atoms with van der Waals surface area (Å²) in [5, 5.41) is 28.8. The van der Waals surface area contributed by atoms with Crippen molar-refractivity contribution in [2.24, 2.45) is 0 Å². The highest BCUT2D eigenvalue weighted by molar-refractivity contribution is 6.31. The summed E-state index contributed by atoms with van der Waals surface area (Å²) in [5.41, 5.74) is 33.8. The molecule has 0 saturated carbocycles. The van der Waals surface area contributed by atoms with Crippen molar-refractivity contribution in [3.05, 3.63) is 496 Å². The Bertz CT molecular complexity index is 9910. The van der Waals surface area contributed by atoms with Crippen molar-refractivity contribution in [3.8, 4) is 111 Å². The lowest BCUT2D eigenvalue weighted by Gasteiger charge is -2.20. The molecule has 0 unspecified atom stereocenters. The monoisotopic (exact) mass is 1780 g/mol. The number of hydrogen-bond donors (Lipinski definition) is 0. The van der Waals surface area contributed by atoms with E-state index in [2.05, 4.69) is 481 Å². The lowest BCUT2D eigenvalue weighted by molar-refractivity contribution is 0.668. The van der Waals surface area contributed by atoms with E-state index in [0.29, 0.717) is 0 Å². The molecule has 0 aliphatic heterocycles. The number of para-hydroxylation sites is 4. The Balaban J connectivity index is 0.000000106. The third-order valence-electron chi connectivity index (χ3n) is 28.8. The van der Waals surface area contributed by atoms with E-state index in [-0.39, 0.29) is 0 Å². The van der Waals surface area contributed by atoms with Crippen LogP contribution in [0.5, 0.6) is 0 Å². The minimum Gasteiger partial charge on any atom is -0.456 e. The molecule has 4 heterocycles. The van der Waals surface area contributed by atoms with Gasteiger partial charge in [-0.2, -0.15) is 0 Å². The first kappa shape index (κ1) is 81.3. The average molecular weight is 1780 g/mol. The van der Waals surface area contributed by atoms with Gasteiger partial charge in [0.1, 0.15) is 44.7 Å². The maximum Gasteiger partial charge on any atom is 0.143 e. The Labute approximate surface area is 807 Å². The zero-order valence-electron chi connectivity index (χ0n) is 76.8. The summed E-state index contributed by atoms with van der Waals surface area (Å²) in [5.74, 6) is 0. The first-order valence-corrected chi connectivity index (χ1v) is 48.1. The maximum absolute atomic E-state index is 6.74. The van der Waals surface area contributed by atoms with Crippen molar-refractivity contribution in [1.29, 1.82) is 0 Å². The van der Waals surface area contributed by atoms with Crippen molar-refractivity contribution < 1.29 is 17.7 Å². The van der Waals surface area contributed by atoms with Gasteiger partial charge < -0.3 is 17.7 Å². The number of furan rings is 4. The summed E-state index contributed by atoms with van der Waals surface area (Å²) in [4.78, 5) is 0. The van der Waals surface area contributed by atoms with E-state index in [1.54, 1.807) is 0 Å². The van der Waals surface area contributed by atoms with E-state index in [4.69, 9.17) is 17.7 Å². The third kappa shape index (κ3) is 13.4. The van der Waals surface area contributed by atoms with Gasteiger partial charge in [-0.3, -0.25) is 0 Å². The fourth-order valence-electron chi connectivity index (χ4n) is 23.0. The summed E-state index contributed by atoms with van der Waals surface area (Å²) in [6, 6.07) is 175.